The highest BCUT2D eigenvalue weighted by molar-refractivity contribution is 7.33. The van der Waals surface area contributed by atoms with Crippen molar-refractivity contribution in [2.24, 2.45) is 11.3 Å². The molecule has 5 unspecified atom stereocenters. The average molecular weight is 567 g/mol. The molecule has 4 nitrogen and oxygen atoms in total. The molecule has 0 spiro atoms. The van der Waals surface area contributed by atoms with E-state index in [-0.39, 0.29) is 29.1 Å². The molecule has 5 atom stereocenters. The fourth-order valence-corrected chi connectivity index (χ4v) is 6.26. The molecule has 202 valence electrons. The Kier molecular flexibility index (Phi) is 8.03. The first-order valence-corrected chi connectivity index (χ1v) is 15.3. The predicted octanol–water partition coefficient (Wildman–Crippen LogP) is 9.63. The Bertz CT molecular complexity index is 1640. The van der Waals surface area contributed by atoms with E-state index in [2.05, 4.69) is 91.9 Å². The molecule has 0 aromatic heterocycles. The number of fused-ring (bicyclic) bond motifs is 3. The monoisotopic (exact) mass is 566 g/mol. The summed E-state index contributed by atoms with van der Waals surface area (Å²) in [5.41, 5.74) is 1.00. The molecule has 0 aliphatic heterocycles. The zero-order chi connectivity index (χ0) is 27.4. The minimum absolute atomic E-state index is 0.0127. The third-order valence-electron chi connectivity index (χ3n) is 7.32. The summed E-state index contributed by atoms with van der Waals surface area (Å²) >= 11 is 0. The molecule has 0 N–H and O–H groups in total. The molecular weight excluding hydrogens is 534 g/mol. The van der Waals surface area contributed by atoms with Gasteiger partial charge in [0, 0.05) is 22.3 Å². The van der Waals surface area contributed by atoms with Gasteiger partial charge >= 0.3 is 0 Å². The van der Waals surface area contributed by atoms with Crippen LogP contribution >= 0.6 is 17.8 Å². The van der Waals surface area contributed by atoms with Gasteiger partial charge in [0.05, 0.1) is 6.61 Å². The Morgan fingerprint density at radius 2 is 1.65 bits per heavy atom. The Labute approximate surface area is 239 Å². The van der Waals surface area contributed by atoms with E-state index >= 15 is 0 Å². The minimum Gasteiger partial charge on any atom is -0.483 e. The summed E-state index contributed by atoms with van der Waals surface area (Å²) < 4.78 is 24.7. The summed E-state index contributed by atoms with van der Waals surface area (Å²) in [4.78, 5) is 0. The molecule has 2 aliphatic carbocycles. The predicted molar refractivity (Wildman–Crippen MR) is 168 cm³/mol. The van der Waals surface area contributed by atoms with E-state index in [1.807, 2.05) is 43.3 Å². The normalized spacial score (nSPS) is 20.9. The van der Waals surface area contributed by atoms with Gasteiger partial charge in [0.2, 0.25) is 9.03 Å². The molecular formula is C34H32O4P2. The van der Waals surface area contributed by atoms with Crippen LogP contribution in [-0.2, 0) is 15.7 Å². The maximum atomic E-state index is 6.44. The summed E-state index contributed by atoms with van der Waals surface area (Å²) in [7, 11) is -0.00134. The van der Waals surface area contributed by atoms with E-state index < -0.39 is 0 Å². The molecule has 0 bridgehead atoms. The van der Waals surface area contributed by atoms with Gasteiger partial charge in [-0.3, -0.25) is 0 Å². The molecule has 40 heavy (non-hydrogen) atoms. The van der Waals surface area contributed by atoms with Gasteiger partial charge in [0.25, 0.3) is 0 Å². The minimum atomic E-state index is -0.116. The molecule has 0 saturated carbocycles. The highest BCUT2D eigenvalue weighted by atomic mass is 31.1. The van der Waals surface area contributed by atoms with Crippen LogP contribution < -0.4 is 9.26 Å². The summed E-state index contributed by atoms with van der Waals surface area (Å²) in [5.74, 6) is 2.70. The molecule has 4 aromatic carbocycles. The summed E-state index contributed by atoms with van der Waals surface area (Å²) in [6, 6.07) is 26.9. The van der Waals surface area contributed by atoms with E-state index in [0.29, 0.717) is 12.5 Å². The molecule has 0 fully saturated rings. The first-order valence-electron chi connectivity index (χ1n) is 13.5. The SMILES string of the molecule is CC(Oc1ccc2ccccc2c1)POc1c(COPOC2=CC3C=CC=CC3(C)C=C2)ccc2ccccc12. The second-order valence-electron chi connectivity index (χ2n) is 10.3. The van der Waals surface area contributed by atoms with Crippen LogP contribution in [-0.4, -0.2) is 5.85 Å². The van der Waals surface area contributed by atoms with Crippen molar-refractivity contribution in [3.05, 3.63) is 133 Å². The van der Waals surface area contributed by atoms with E-state index in [0.717, 1.165) is 39.0 Å². The topological polar surface area (TPSA) is 36.9 Å². The number of ether oxygens (including phenoxy) is 1. The third kappa shape index (κ3) is 6.01. The molecule has 6 heteroatoms. The van der Waals surface area contributed by atoms with E-state index in [9.17, 15) is 0 Å². The van der Waals surface area contributed by atoms with Gasteiger partial charge in [0.1, 0.15) is 31.9 Å². The molecule has 2 aliphatic rings. The number of benzene rings is 4. The Balaban J connectivity index is 1.09. The summed E-state index contributed by atoms with van der Waals surface area (Å²) in [6.07, 6.45) is 15.0. The van der Waals surface area contributed by atoms with E-state index in [1.165, 1.54) is 5.39 Å². The van der Waals surface area contributed by atoms with Gasteiger partial charge in [-0.1, -0.05) is 104 Å². The fraction of sp³-hybridized carbons (Fsp3) is 0.176. The lowest BCUT2D eigenvalue weighted by Crippen LogP contribution is -2.24. The van der Waals surface area contributed by atoms with Crippen LogP contribution in [0.15, 0.2) is 127 Å². The molecule has 0 amide bonds. The lowest BCUT2D eigenvalue weighted by atomic mass is 9.72. The molecule has 4 aromatic rings. The van der Waals surface area contributed by atoms with Gasteiger partial charge in [0.15, 0.2) is 0 Å². The quantitative estimate of drug-likeness (QED) is 0.141. The third-order valence-corrected chi connectivity index (χ3v) is 8.67. The molecule has 0 radical (unpaired) electrons. The van der Waals surface area contributed by atoms with Crippen LogP contribution in [0, 0.1) is 11.3 Å². The van der Waals surface area contributed by atoms with Crippen molar-refractivity contribution in [3.63, 3.8) is 0 Å². The van der Waals surface area contributed by atoms with E-state index in [4.69, 9.17) is 18.3 Å². The smallest absolute Gasteiger partial charge is 0.215 e. The number of hydrogen-bond acceptors (Lipinski definition) is 4. The van der Waals surface area contributed by atoms with Crippen LogP contribution in [0.5, 0.6) is 11.5 Å². The highest BCUT2D eigenvalue weighted by Gasteiger charge is 2.30. The molecule has 0 heterocycles. The van der Waals surface area contributed by atoms with Crippen molar-refractivity contribution in [2.75, 3.05) is 0 Å². The zero-order valence-electron chi connectivity index (χ0n) is 22.5. The summed E-state index contributed by atoms with van der Waals surface area (Å²) in [5, 5.41) is 4.55. The second kappa shape index (κ2) is 12.0. The maximum absolute atomic E-state index is 6.44. The van der Waals surface area contributed by atoms with Gasteiger partial charge in [-0.05, 0) is 47.4 Å². The van der Waals surface area contributed by atoms with Crippen LogP contribution in [0.25, 0.3) is 21.5 Å². The summed E-state index contributed by atoms with van der Waals surface area (Å²) in [6.45, 7) is 4.66. The second-order valence-corrected chi connectivity index (χ2v) is 12.2. The highest BCUT2D eigenvalue weighted by Crippen LogP contribution is 2.41. The fourth-order valence-electron chi connectivity index (χ4n) is 5.05. The van der Waals surface area contributed by atoms with Crippen LogP contribution in [0.4, 0.5) is 0 Å². The van der Waals surface area contributed by atoms with Crippen LogP contribution in [0.2, 0.25) is 0 Å². The van der Waals surface area contributed by atoms with Crippen molar-refractivity contribution in [2.45, 2.75) is 26.3 Å². The van der Waals surface area contributed by atoms with Gasteiger partial charge in [-0.2, -0.15) is 0 Å². The van der Waals surface area contributed by atoms with Crippen molar-refractivity contribution >= 4 is 39.4 Å². The Hall–Kier alpha value is -3.42. The Morgan fingerprint density at radius 1 is 0.850 bits per heavy atom. The average Bonchev–Trinajstić information content (AvgIpc) is 2.98. The number of rotatable bonds is 10. The Morgan fingerprint density at radius 3 is 2.55 bits per heavy atom. The van der Waals surface area contributed by atoms with Gasteiger partial charge in [-0.15, -0.1) is 0 Å². The standard InChI is InChI=1S/C34H32O4P2/c1-24(36-30-17-16-25-9-3-4-11-27(25)21-30)39-38-33-28(15-14-26-10-5-6-13-32(26)33)23-35-40-37-31-18-20-34(2)19-8-7-12-29(34)22-31/h3-22,24,29,39-40H,23H2,1-2H3. The van der Waals surface area contributed by atoms with Crippen LogP contribution in [0.1, 0.15) is 19.4 Å². The van der Waals surface area contributed by atoms with Crippen LogP contribution in [0.3, 0.4) is 0 Å². The molecule has 6 rings (SSSR count). The first-order chi connectivity index (χ1) is 19.6. The molecule has 0 saturated heterocycles. The number of allylic oxidation sites excluding steroid dienone is 7. The zero-order valence-corrected chi connectivity index (χ0v) is 24.5. The maximum Gasteiger partial charge on any atom is 0.215 e. The van der Waals surface area contributed by atoms with Crippen molar-refractivity contribution in [3.8, 4) is 11.5 Å². The lowest BCUT2D eigenvalue weighted by Gasteiger charge is -2.33. The van der Waals surface area contributed by atoms with Crippen molar-refractivity contribution in [1.82, 2.24) is 0 Å². The van der Waals surface area contributed by atoms with Gasteiger partial charge < -0.3 is 18.3 Å². The van der Waals surface area contributed by atoms with E-state index in [1.54, 1.807) is 0 Å². The number of hydrogen-bond donors (Lipinski definition) is 0. The van der Waals surface area contributed by atoms with Gasteiger partial charge in [-0.25, -0.2) is 0 Å². The first kappa shape index (κ1) is 26.8. The van der Waals surface area contributed by atoms with Crippen molar-refractivity contribution < 1.29 is 18.3 Å². The largest absolute Gasteiger partial charge is 0.483 e. The lowest BCUT2D eigenvalue weighted by molar-refractivity contribution is 0.289. The van der Waals surface area contributed by atoms with Crippen molar-refractivity contribution in [1.29, 1.82) is 0 Å².